The van der Waals surface area contributed by atoms with Gasteiger partial charge < -0.3 is 5.32 Å². The second-order valence-corrected chi connectivity index (χ2v) is 5.41. The van der Waals surface area contributed by atoms with E-state index >= 15 is 0 Å². The number of carbonyl (C=O) groups excluding carboxylic acids is 1. The van der Waals surface area contributed by atoms with Crippen LogP contribution in [-0.2, 0) is 4.79 Å². The number of benzene rings is 1. The zero-order valence-corrected chi connectivity index (χ0v) is 11.3. The van der Waals surface area contributed by atoms with Gasteiger partial charge in [0.1, 0.15) is 17.7 Å². The average molecular weight is 283 g/mol. The fourth-order valence-corrected chi connectivity index (χ4v) is 3.16. The molecule has 21 heavy (non-hydrogen) atoms. The number of rotatable bonds is 1. The first-order valence-electron chi connectivity index (χ1n) is 7.06. The zero-order chi connectivity index (χ0) is 14.4. The van der Waals surface area contributed by atoms with Crippen molar-refractivity contribution in [3.63, 3.8) is 0 Å². The quantitative estimate of drug-likeness (QED) is 0.875. The molecule has 2 aromatic rings. The molecule has 1 aromatic carbocycles. The summed E-state index contributed by atoms with van der Waals surface area (Å²) in [5.41, 5.74) is 2.63. The van der Waals surface area contributed by atoms with Crippen molar-refractivity contribution in [2.24, 2.45) is 0 Å². The Kier molecular flexibility index (Phi) is 2.67. The molecule has 4 rings (SSSR count). The van der Waals surface area contributed by atoms with Crippen LogP contribution in [0.5, 0.6) is 0 Å². The predicted octanol–water partition coefficient (Wildman–Crippen LogP) is 3.04. The molecule has 1 atom stereocenters. The highest BCUT2D eigenvalue weighted by molar-refractivity contribution is 5.99. The first kappa shape index (κ1) is 12.3. The van der Waals surface area contributed by atoms with Crippen LogP contribution in [0.1, 0.15) is 30.9 Å². The SMILES string of the molecule is O=C1CCCC2=C1C(c1ccc(F)cc1)n1nccc1N2. The molecule has 0 radical (unpaired) electrons. The van der Waals surface area contributed by atoms with Crippen molar-refractivity contribution in [3.8, 4) is 0 Å². The molecule has 106 valence electrons. The van der Waals surface area contributed by atoms with E-state index in [1.54, 1.807) is 23.0 Å². The Labute approximate surface area is 121 Å². The third kappa shape index (κ3) is 1.88. The molecule has 0 fully saturated rings. The van der Waals surface area contributed by atoms with Crippen molar-refractivity contribution in [2.75, 3.05) is 5.32 Å². The zero-order valence-electron chi connectivity index (χ0n) is 11.3. The second kappa shape index (κ2) is 4.55. The highest BCUT2D eigenvalue weighted by Gasteiger charge is 2.35. The van der Waals surface area contributed by atoms with E-state index in [4.69, 9.17) is 0 Å². The lowest BCUT2D eigenvalue weighted by molar-refractivity contribution is -0.116. The number of carbonyl (C=O) groups is 1. The van der Waals surface area contributed by atoms with Crippen LogP contribution in [0.2, 0.25) is 0 Å². The fourth-order valence-electron chi connectivity index (χ4n) is 3.16. The lowest BCUT2D eigenvalue weighted by Crippen LogP contribution is -2.31. The summed E-state index contributed by atoms with van der Waals surface area (Å²) in [6, 6.07) is 7.92. The molecule has 0 bridgehead atoms. The van der Waals surface area contributed by atoms with Gasteiger partial charge in [-0.3, -0.25) is 4.79 Å². The Morgan fingerprint density at radius 2 is 2.00 bits per heavy atom. The minimum absolute atomic E-state index is 0.152. The predicted molar refractivity (Wildman–Crippen MR) is 76.3 cm³/mol. The Hall–Kier alpha value is -2.43. The van der Waals surface area contributed by atoms with E-state index in [1.165, 1.54) is 12.1 Å². The maximum atomic E-state index is 13.2. The van der Waals surface area contributed by atoms with Crippen molar-refractivity contribution in [1.82, 2.24) is 9.78 Å². The molecule has 0 spiro atoms. The molecule has 1 unspecified atom stereocenters. The monoisotopic (exact) mass is 283 g/mol. The van der Waals surface area contributed by atoms with Gasteiger partial charge in [0, 0.05) is 23.8 Å². The maximum absolute atomic E-state index is 13.2. The molecule has 0 amide bonds. The summed E-state index contributed by atoms with van der Waals surface area (Å²) < 4.78 is 15.0. The van der Waals surface area contributed by atoms with Crippen LogP contribution in [0.25, 0.3) is 0 Å². The van der Waals surface area contributed by atoms with Gasteiger partial charge in [0.15, 0.2) is 5.78 Å². The molecule has 0 saturated heterocycles. The minimum atomic E-state index is -0.280. The van der Waals surface area contributed by atoms with E-state index in [1.807, 2.05) is 6.07 Å². The van der Waals surface area contributed by atoms with Crippen LogP contribution < -0.4 is 5.32 Å². The van der Waals surface area contributed by atoms with E-state index in [2.05, 4.69) is 10.4 Å². The Balaban J connectivity index is 1.91. The molecule has 2 heterocycles. The van der Waals surface area contributed by atoms with Gasteiger partial charge in [0.25, 0.3) is 0 Å². The van der Waals surface area contributed by atoms with E-state index in [0.717, 1.165) is 35.5 Å². The maximum Gasteiger partial charge on any atom is 0.163 e. The van der Waals surface area contributed by atoms with Gasteiger partial charge >= 0.3 is 0 Å². The summed E-state index contributed by atoms with van der Waals surface area (Å²) in [6.07, 6.45) is 4.01. The van der Waals surface area contributed by atoms with Gasteiger partial charge in [-0.1, -0.05) is 12.1 Å². The van der Waals surface area contributed by atoms with Crippen LogP contribution >= 0.6 is 0 Å². The number of ketones is 1. The van der Waals surface area contributed by atoms with Crippen LogP contribution in [0.4, 0.5) is 10.2 Å². The van der Waals surface area contributed by atoms with E-state index in [0.29, 0.717) is 6.42 Å². The van der Waals surface area contributed by atoms with Crippen LogP contribution in [0.3, 0.4) is 0 Å². The molecular weight excluding hydrogens is 269 g/mol. The van der Waals surface area contributed by atoms with Gasteiger partial charge in [-0.25, -0.2) is 9.07 Å². The average Bonchev–Trinajstić information content (AvgIpc) is 2.94. The summed E-state index contributed by atoms with van der Waals surface area (Å²) in [4.78, 5) is 12.4. The van der Waals surface area contributed by atoms with Crippen LogP contribution in [0, 0.1) is 5.82 Å². The smallest absolute Gasteiger partial charge is 0.163 e. The first-order valence-corrected chi connectivity index (χ1v) is 7.06. The number of aromatic nitrogens is 2. The van der Waals surface area contributed by atoms with E-state index in [-0.39, 0.29) is 17.6 Å². The number of Topliss-reactive ketones (excluding diaryl/α,β-unsaturated/α-hetero) is 1. The molecule has 1 aliphatic carbocycles. The van der Waals surface area contributed by atoms with E-state index in [9.17, 15) is 9.18 Å². The summed E-state index contributed by atoms with van der Waals surface area (Å²) in [7, 11) is 0. The Morgan fingerprint density at radius 1 is 1.19 bits per heavy atom. The van der Waals surface area contributed by atoms with Crippen LogP contribution in [0.15, 0.2) is 47.8 Å². The number of hydrogen-bond donors (Lipinski definition) is 1. The lowest BCUT2D eigenvalue weighted by atomic mass is 9.85. The van der Waals surface area contributed by atoms with Gasteiger partial charge in [-0.15, -0.1) is 0 Å². The molecule has 1 N–H and O–H groups in total. The highest BCUT2D eigenvalue weighted by Crippen LogP contribution is 2.40. The normalized spacial score (nSPS) is 20.8. The highest BCUT2D eigenvalue weighted by atomic mass is 19.1. The lowest BCUT2D eigenvalue weighted by Gasteiger charge is -2.33. The molecule has 1 aromatic heterocycles. The number of hydrogen-bond acceptors (Lipinski definition) is 3. The number of nitrogens with zero attached hydrogens (tertiary/aromatic N) is 2. The van der Waals surface area contributed by atoms with Gasteiger partial charge in [-0.2, -0.15) is 5.10 Å². The van der Waals surface area contributed by atoms with Crippen LogP contribution in [-0.4, -0.2) is 15.6 Å². The molecule has 1 aliphatic heterocycles. The summed E-state index contributed by atoms with van der Waals surface area (Å²) in [5, 5.41) is 7.64. The van der Waals surface area contributed by atoms with Crippen molar-refractivity contribution < 1.29 is 9.18 Å². The van der Waals surface area contributed by atoms with Gasteiger partial charge in [-0.05, 0) is 30.5 Å². The standard InChI is InChI=1S/C16H14FN3O/c17-11-6-4-10(5-7-11)16-15-12(2-1-3-13(15)21)19-14-8-9-18-20(14)16/h4-9,16,19H,1-3H2. The minimum Gasteiger partial charge on any atom is -0.343 e. The number of fused-ring (bicyclic) bond motifs is 1. The van der Waals surface area contributed by atoms with Gasteiger partial charge in [0.05, 0.1) is 6.20 Å². The molecule has 2 aliphatic rings. The molecule has 4 nitrogen and oxygen atoms in total. The summed E-state index contributed by atoms with van der Waals surface area (Å²) in [5.74, 6) is 0.745. The van der Waals surface area contributed by atoms with E-state index < -0.39 is 0 Å². The van der Waals surface area contributed by atoms with Crippen molar-refractivity contribution >= 4 is 11.6 Å². The summed E-state index contributed by atoms with van der Waals surface area (Å²) >= 11 is 0. The number of halogens is 1. The number of nitrogens with one attached hydrogen (secondary N) is 1. The van der Waals surface area contributed by atoms with Crippen molar-refractivity contribution in [1.29, 1.82) is 0 Å². The largest absolute Gasteiger partial charge is 0.343 e. The van der Waals surface area contributed by atoms with Crippen molar-refractivity contribution in [3.05, 3.63) is 59.2 Å². The molecular formula is C16H14FN3O. The summed E-state index contributed by atoms with van der Waals surface area (Å²) in [6.45, 7) is 0. The Bertz CT molecular complexity index is 745. The topological polar surface area (TPSA) is 46.9 Å². The third-order valence-corrected chi connectivity index (χ3v) is 4.11. The number of anilines is 1. The molecule has 0 saturated carbocycles. The third-order valence-electron chi connectivity index (χ3n) is 4.11. The van der Waals surface area contributed by atoms with Crippen molar-refractivity contribution in [2.45, 2.75) is 25.3 Å². The fraction of sp³-hybridized carbons (Fsp3) is 0.250. The number of allylic oxidation sites excluding steroid dienone is 2. The Morgan fingerprint density at radius 3 is 2.81 bits per heavy atom. The van der Waals surface area contributed by atoms with Gasteiger partial charge in [0.2, 0.25) is 0 Å². The molecule has 5 heteroatoms. The second-order valence-electron chi connectivity index (χ2n) is 5.41. The first-order chi connectivity index (χ1) is 10.2.